The van der Waals surface area contributed by atoms with Crippen molar-refractivity contribution in [2.45, 2.75) is 10.5 Å². The third kappa shape index (κ3) is 10.8. The third-order valence-electron chi connectivity index (χ3n) is 9.05. The van der Waals surface area contributed by atoms with Crippen molar-refractivity contribution in [2.24, 2.45) is 0 Å². The average molecular weight is 837 g/mol. The maximum Gasteiger partial charge on any atom is 0.322 e. The number of benzene rings is 4. The zero-order valence-corrected chi connectivity index (χ0v) is 34.7. The molecule has 2 atom stereocenters. The van der Waals surface area contributed by atoms with Gasteiger partial charge in [0, 0.05) is 24.3 Å². The zero-order chi connectivity index (χ0) is 43.3. The summed E-state index contributed by atoms with van der Waals surface area (Å²) >= 11 is 0. The van der Waals surface area contributed by atoms with E-state index in [1.165, 1.54) is 93.3 Å². The van der Waals surface area contributed by atoms with Crippen LogP contribution in [0.15, 0.2) is 72.8 Å². The number of rotatable bonds is 22. The first-order valence-electron chi connectivity index (χ1n) is 17.7. The van der Waals surface area contributed by atoms with Crippen LogP contribution in [0.5, 0.6) is 46.0 Å². The van der Waals surface area contributed by atoms with Crippen LogP contribution in [0, 0.1) is 0 Å². The minimum Gasteiger partial charge on any atom is -0.496 e. The zero-order valence-electron chi connectivity index (χ0n) is 33.9. The SMILES string of the molecule is COc1cc(OC)c(C=CC(c2ccc(OC)c(NCC(=O)O)c2)S(=O)(=O)C(C=Cc2c(OC)cc(OC)cc2OC)c2ccc(OC)c(NCC(=O)O)c2)c(OC)c1. The fourth-order valence-corrected chi connectivity index (χ4v) is 8.13. The van der Waals surface area contributed by atoms with E-state index >= 15 is 8.42 Å². The maximum absolute atomic E-state index is 15.6. The quantitative estimate of drug-likeness (QED) is 0.0678. The van der Waals surface area contributed by atoms with E-state index in [4.69, 9.17) is 37.9 Å². The molecule has 0 saturated heterocycles. The lowest BCUT2D eigenvalue weighted by atomic mass is 10.1. The summed E-state index contributed by atoms with van der Waals surface area (Å²) in [6, 6.07) is 15.7. The van der Waals surface area contributed by atoms with Gasteiger partial charge in [0.25, 0.3) is 0 Å². The Morgan fingerprint density at radius 1 is 0.525 bits per heavy atom. The predicted molar refractivity (Wildman–Crippen MR) is 223 cm³/mol. The molecule has 17 heteroatoms. The van der Waals surface area contributed by atoms with Crippen molar-refractivity contribution in [1.29, 1.82) is 0 Å². The summed E-state index contributed by atoms with van der Waals surface area (Å²) in [7, 11) is 7.07. The smallest absolute Gasteiger partial charge is 0.322 e. The van der Waals surface area contributed by atoms with Crippen LogP contribution in [-0.4, -0.2) is 101 Å². The van der Waals surface area contributed by atoms with Crippen molar-refractivity contribution in [3.8, 4) is 46.0 Å². The van der Waals surface area contributed by atoms with Crippen LogP contribution in [-0.2, 0) is 19.4 Å². The van der Waals surface area contributed by atoms with Crippen molar-refractivity contribution in [2.75, 3.05) is 80.6 Å². The summed E-state index contributed by atoms with van der Waals surface area (Å²) in [6.07, 6.45) is 6.04. The Balaban J connectivity index is 2.08. The van der Waals surface area contributed by atoms with Crippen LogP contribution >= 0.6 is 0 Å². The van der Waals surface area contributed by atoms with Gasteiger partial charge in [0.1, 0.15) is 69.6 Å². The number of carboxylic acid groups (broad SMARTS) is 2. The predicted octanol–water partition coefficient (Wildman–Crippen LogP) is 6.37. The molecule has 0 spiro atoms. The van der Waals surface area contributed by atoms with Crippen LogP contribution in [0.1, 0.15) is 32.8 Å². The molecule has 4 aromatic rings. The summed E-state index contributed by atoms with van der Waals surface area (Å²) in [5, 5.41) is 21.6. The summed E-state index contributed by atoms with van der Waals surface area (Å²) in [5.74, 6) is 0.414. The van der Waals surface area contributed by atoms with Crippen molar-refractivity contribution in [3.05, 3.63) is 95.1 Å². The molecule has 0 saturated carbocycles. The highest BCUT2D eigenvalue weighted by atomic mass is 32.2. The first-order valence-corrected chi connectivity index (χ1v) is 19.4. The fraction of sp³-hybridized carbons (Fsp3) is 0.286. The lowest BCUT2D eigenvalue weighted by molar-refractivity contribution is -0.135. The van der Waals surface area contributed by atoms with Gasteiger partial charge in [-0.3, -0.25) is 9.59 Å². The molecule has 0 bridgehead atoms. The van der Waals surface area contributed by atoms with Crippen molar-refractivity contribution >= 4 is 45.3 Å². The molecular weight excluding hydrogens is 789 g/mol. The summed E-state index contributed by atoms with van der Waals surface area (Å²) in [6.45, 7) is -0.968. The molecule has 0 fully saturated rings. The standard InChI is InChI=1S/C42H48N2O14S/c1-51-27-19-35(55-5)29(36(20-27)56-6)11-15-39(25-9-13-33(53-3)31(17-25)43-23-41(45)46)59(49,50)40(26-10-14-34(54-4)32(18-26)44-24-42(47)48)16-12-30-37(57-7)21-28(52-2)22-38(30)58-8/h9-22,39-40,43-44H,23-24H2,1-8H3,(H,45,46)(H,47,48). The highest BCUT2D eigenvalue weighted by molar-refractivity contribution is 7.92. The van der Waals surface area contributed by atoms with Gasteiger partial charge in [0.05, 0.1) is 79.4 Å². The molecule has 16 nitrogen and oxygen atoms in total. The monoisotopic (exact) mass is 836 g/mol. The summed E-state index contributed by atoms with van der Waals surface area (Å²) in [4.78, 5) is 23.1. The van der Waals surface area contributed by atoms with E-state index in [0.29, 0.717) is 45.6 Å². The first-order chi connectivity index (χ1) is 28.3. The molecule has 59 heavy (non-hydrogen) atoms. The molecule has 0 amide bonds. The number of ether oxygens (including phenoxy) is 8. The number of hydrogen-bond donors (Lipinski definition) is 4. The maximum atomic E-state index is 15.6. The molecule has 4 rings (SSSR count). The van der Waals surface area contributed by atoms with E-state index in [1.54, 1.807) is 48.6 Å². The molecule has 0 aliphatic carbocycles. The number of nitrogens with one attached hydrogen (secondary N) is 2. The second kappa shape index (κ2) is 20.6. The normalized spacial score (nSPS) is 12.3. The largest absolute Gasteiger partial charge is 0.496 e. The van der Waals surface area contributed by atoms with Gasteiger partial charge in [-0.2, -0.15) is 0 Å². The van der Waals surface area contributed by atoms with E-state index in [2.05, 4.69) is 10.6 Å². The van der Waals surface area contributed by atoms with Crippen molar-refractivity contribution in [1.82, 2.24) is 0 Å². The summed E-state index contributed by atoms with van der Waals surface area (Å²) < 4.78 is 75.6. The lowest BCUT2D eigenvalue weighted by Gasteiger charge is -2.24. The van der Waals surface area contributed by atoms with Gasteiger partial charge >= 0.3 is 11.9 Å². The van der Waals surface area contributed by atoms with Crippen LogP contribution in [0.2, 0.25) is 0 Å². The van der Waals surface area contributed by atoms with Crippen molar-refractivity contribution in [3.63, 3.8) is 0 Å². The molecule has 4 N–H and O–H groups in total. The number of carboxylic acids is 2. The third-order valence-corrected chi connectivity index (χ3v) is 11.3. The number of sulfone groups is 1. The first kappa shape index (κ1) is 45.0. The summed E-state index contributed by atoms with van der Waals surface area (Å²) in [5.41, 5.74) is 1.72. The molecule has 0 aromatic heterocycles. The van der Waals surface area contributed by atoms with Crippen LogP contribution in [0.25, 0.3) is 12.2 Å². The van der Waals surface area contributed by atoms with Gasteiger partial charge in [-0.05, 0) is 47.5 Å². The Morgan fingerprint density at radius 2 is 0.847 bits per heavy atom. The van der Waals surface area contributed by atoms with E-state index in [1.807, 2.05) is 0 Å². The second-order valence-electron chi connectivity index (χ2n) is 12.5. The minimum absolute atomic E-state index is 0.227. The van der Waals surface area contributed by atoms with Gasteiger partial charge < -0.3 is 58.7 Å². The Bertz CT molecular complexity index is 2090. The number of hydrogen-bond acceptors (Lipinski definition) is 14. The fourth-order valence-electron chi connectivity index (χ4n) is 6.16. The van der Waals surface area contributed by atoms with Crippen molar-refractivity contribution < 1.29 is 66.1 Å². The lowest BCUT2D eigenvalue weighted by Crippen LogP contribution is -2.20. The number of aliphatic carboxylic acids is 2. The molecule has 0 aliphatic heterocycles. The van der Waals surface area contributed by atoms with Gasteiger partial charge in [-0.1, -0.05) is 24.3 Å². The number of methoxy groups -OCH3 is 8. The van der Waals surface area contributed by atoms with Gasteiger partial charge in [0.15, 0.2) is 9.84 Å². The van der Waals surface area contributed by atoms with Gasteiger partial charge in [-0.15, -0.1) is 0 Å². The highest BCUT2D eigenvalue weighted by Crippen LogP contribution is 2.44. The van der Waals surface area contributed by atoms with Crippen LogP contribution in [0.3, 0.4) is 0 Å². The van der Waals surface area contributed by atoms with Gasteiger partial charge in [0.2, 0.25) is 0 Å². The Morgan fingerprint density at radius 3 is 1.12 bits per heavy atom. The Hall–Kier alpha value is -6.75. The molecule has 0 radical (unpaired) electrons. The molecule has 0 aliphatic rings. The molecule has 0 heterocycles. The number of carbonyl (C=O) groups is 2. The second-order valence-corrected chi connectivity index (χ2v) is 14.6. The van der Waals surface area contributed by atoms with E-state index in [0.717, 1.165) is 0 Å². The van der Waals surface area contributed by atoms with Crippen LogP contribution in [0.4, 0.5) is 11.4 Å². The highest BCUT2D eigenvalue weighted by Gasteiger charge is 2.35. The molecule has 2 unspecified atom stereocenters. The van der Waals surface area contributed by atoms with Crippen LogP contribution < -0.4 is 48.5 Å². The van der Waals surface area contributed by atoms with E-state index in [-0.39, 0.29) is 34.0 Å². The molecular formula is C42H48N2O14S. The topological polar surface area (TPSA) is 207 Å². The number of anilines is 2. The van der Waals surface area contributed by atoms with E-state index < -0.39 is 45.4 Å². The molecule has 4 aromatic carbocycles. The average Bonchev–Trinajstić information content (AvgIpc) is 3.24. The Kier molecular flexibility index (Phi) is 15.7. The molecule has 316 valence electrons. The Labute approximate surface area is 342 Å². The van der Waals surface area contributed by atoms with Gasteiger partial charge in [-0.25, -0.2) is 8.42 Å². The minimum atomic E-state index is -4.50. The van der Waals surface area contributed by atoms with E-state index in [9.17, 15) is 19.8 Å².